The van der Waals surface area contributed by atoms with E-state index in [-0.39, 0.29) is 22.9 Å². The highest BCUT2D eigenvalue weighted by Gasteiger charge is 2.47. The van der Waals surface area contributed by atoms with E-state index in [0.29, 0.717) is 23.0 Å². The predicted octanol–water partition coefficient (Wildman–Crippen LogP) is 9.61. The van der Waals surface area contributed by atoms with Gasteiger partial charge in [-0.05, 0) is 100 Å². The lowest BCUT2D eigenvalue weighted by atomic mass is 9.66. The SMILES string of the molecule is Nc1ccc(Oc2ccc(C3(c4ccc(Oc5ccc(N)c(O)c5)cc4)c4ccccc4-c4cccc(C#Cc5ccccc5)c43)cc2)cc1O. The molecule has 0 aromatic heterocycles. The molecule has 0 fully saturated rings. The number of phenolic OH excluding ortho intramolecular Hbond substituents is 2. The largest absolute Gasteiger partial charge is 0.506 e. The van der Waals surface area contributed by atoms with Gasteiger partial charge >= 0.3 is 0 Å². The Labute approximate surface area is 295 Å². The molecular formula is C45H32N2O4. The number of ether oxygens (including phenoxy) is 2. The van der Waals surface area contributed by atoms with E-state index in [1.54, 1.807) is 24.3 Å². The van der Waals surface area contributed by atoms with Crippen LogP contribution in [0.2, 0.25) is 0 Å². The van der Waals surface area contributed by atoms with Gasteiger partial charge in [0.05, 0.1) is 16.8 Å². The van der Waals surface area contributed by atoms with Crippen molar-refractivity contribution in [3.63, 3.8) is 0 Å². The monoisotopic (exact) mass is 664 g/mol. The van der Waals surface area contributed by atoms with Crippen LogP contribution < -0.4 is 20.9 Å². The van der Waals surface area contributed by atoms with Crippen molar-refractivity contribution < 1.29 is 19.7 Å². The first kappa shape index (κ1) is 31.2. The molecule has 0 heterocycles. The summed E-state index contributed by atoms with van der Waals surface area (Å²) >= 11 is 0. The van der Waals surface area contributed by atoms with Crippen LogP contribution in [-0.4, -0.2) is 10.2 Å². The third-order valence-corrected chi connectivity index (χ3v) is 9.23. The molecule has 0 saturated heterocycles. The lowest BCUT2D eigenvalue weighted by molar-refractivity contribution is 0.456. The normalized spacial score (nSPS) is 12.2. The number of phenols is 2. The molecule has 8 rings (SSSR count). The summed E-state index contributed by atoms with van der Waals surface area (Å²) in [7, 11) is 0. The molecule has 51 heavy (non-hydrogen) atoms. The van der Waals surface area contributed by atoms with Gasteiger partial charge in [0.2, 0.25) is 0 Å². The van der Waals surface area contributed by atoms with Gasteiger partial charge in [-0.1, -0.05) is 90.7 Å². The number of rotatable bonds is 6. The van der Waals surface area contributed by atoms with E-state index in [1.165, 1.54) is 12.1 Å². The van der Waals surface area contributed by atoms with Gasteiger partial charge in [0.1, 0.15) is 34.5 Å². The highest BCUT2D eigenvalue weighted by atomic mass is 16.5. The molecule has 0 amide bonds. The van der Waals surface area contributed by atoms with E-state index in [4.69, 9.17) is 20.9 Å². The van der Waals surface area contributed by atoms with Crippen molar-refractivity contribution in [2.75, 3.05) is 11.5 Å². The van der Waals surface area contributed by atoms with Gasteiger partial charge in [-0.2, -0.15) is 0 Å². The first-order valence-electron chi connectivity index (χ1n) is 16.4. The van der Waals surface area contributed by atoms with Crippen LogP contribution in [0.25, 0.3) is 11.1 Å². The molecule has 1 aliphatic carbocycles. The molecule has 1 aliphatic rings. The Balaban J connectivity index is 1.30. The fourth-order valence-corrected chi connectivity index (χ4v) is 6.88. The van der Waals surface area contributed by atoms with Gasteiger partial charge < -0.3 is 31.2 Å². The number of aromatic hydroxyl groups is 2. The number of hydrogen-bond donors (Lipinski definition) is 4. The summed E-state index contributed by atoms with van der Waals surface area (Å²) in [4.78, 5) is 0. The Hall–Kier alpha value is -7.10. The first-order chi connectivity index (χ1) is 24.9. The summed E-state index contributed by atoms with van der Waals surface area (Å²) in [6, 6.07) is 50.6. The zero-order valence-corrected chi connectivity index (χ0v) is 27.4. The minimum Gasteiger partial charge on any atom is -0.506 e. The molecule has 6 heteroatoms. The minimum atomic E-state index is -0.760. The summed E-state index contributed by atoms with van der Waals surface area (Å²) in [5.41, 5.74) is 19.8. The maximum absolute atomic E-state index is 10.1. The number of benzene rings is 7. The van der Waals surface area contributed by atoms with Crippen LogP contribution in [0.15, 0.2) is 158 Å². The topological polar surface area (TPSA) is 111 Å². The molecular weight excluding hydrogens is 633 g/mol. The van der Waals surface area contributed by atoms with E-state index in [9.17, 15) is 10.2 Å². The van der Waals surface area contributed by atoms with Crippen molar-refractivity contribution in [2.24, 2.45) is 0 Å². The number of fused-ring (bicyclic) bond motifs is 3. The third-order valence-electron chi connectivity index (χ3n) is 9.23. The second kappa shape index (κ2) is 12.7. The zero-order chi connectivity index (χ0) is 35.0. The molecule has 246 valence electrons. The zero-order valence-electron chi connectivity index (χ0n) is 27.4. The van der Waals surface area contributed by atoms with E-state index < -0.39 is 5.41 Å². The molecule has 6 nitrogen and oxygen atoms in total. The van der Waals surface area contributed by atoms with Crippen molar-refractivity contribution in [3.8, 4) is 57.5 Å². The molecule has 0 aliphatic heterocycles. The Kier molecular flexibility index (Phi) is 7.79. The lowest BCUT2D eigenvalue weighted by Crippen LogP contribution is -2.29. The highest BCUT2D eigenvalue weighted by molar-refractivity contribution is 5.88. The summed E-state index contributed by atoms with van der Waals surface area (Å²) < 4.78 is 12.3. The maximum Gasteiger partial charge on any atom is 0.142 e. The second-order valence-corrected chi connectivity index (χ2v) is 12.3. The van der Waals surface area contributed by atoms with Gasteiger partial charge in [-0.3, -0.25) is 0 Å². The Morgan fingerprint density at radius 1 is 0.471 bits per heavy atom. The molecule has 7 aromatic rings. The van der Waals surface area contributed by atoms with E-state index >= 15 is 0 Å². The van der Waals surface area contributed by atoms with Gasteiger partial charge in [-0.15, -0.1) is 0 Å². The average molecular weight is 665 g/mol. The molecule has 6 N–H and O–H groups in total. The van der Waals surface area contributed by atoms with Crippen LogP contribution in [0.3, 0.4) is 0 Å². The van der Waals surface area contributed by atoms with Crippen LogP contribution in [-0.2, 0) is 5.41 Å². The Morgan fingerprint density at radius 3 is 1.55 bits per heavy atom. The quantitative estimate of drug-likeness (QED) is 0.0801. The van der Waals surface area contributed by atoms with Crippen LogP contribution in [0.4, 0.5) is 11.4 Å². The standard InChI is InChI=1S/C45H32N2O4/c46-40-25-23-35(27-42(40)48)50-33-19-15-31(16-20-33)45(32-17-21-34(22-18-32)51-36-24-26-41(47)43(49)28-36)39-12-5-4-10-37(39)38-11-6-9-30(44(38)45)14-13-29-7-2-1-3-8-29/h1-12,15-28,48-49H,46-47H2. The van der Waals surface area contributed by atoms with E-state index in [1.807, 2.05) is 54.6 Å². The number of nitrogen functional groups attached to an aromatic ring is 2. The number of nitrogens with two attached hydrogens (primary N) is 2. The summed E-state index contributed by atoms with van der Waals surface area (Å²) in [6.07, 6.45) is 0. The summed E-state index contributed by atoms with van der Waals surface area (Å²) in [5, 5.41) is 20.3. The number of hydrogen-bond acceptors (Lipinski definition) is 6. The van der Waals surface area contributed by atoms with Gasteiger partial charge in [0.15, 0.2) is 0 Å². The van der Waals surface area contributed by atoms with Crippen molar-refractivity contribution in [2.45, 2.75) is 5.41 Å². The molecule has 0 atom stereocenters. The molecule has 0 bridgehead atoms. The lowest BCUT2D eigenvalue weighted by Gasteiger charge is -2.34. The minimum absolute atomic E-state index is 0.0352. The summed E-state index contributed by atoms with van der Waals surface area (Å²) in [5.74, 6) is 9.03. The Morgan fingerprint density at radius 2 is 0.980 bits per heavy atom. The van der Waals surface area contributed by atoms with Crippen LogP contribution in [0.1, 0.15) is 33.4 Å². The maximum atomic E-state index is 10.1. The average Bonchev–Trinajstić information content (AvgIpc) is 3.46. The van der Waals surface area contributed by atoms with Crippen LogP contribution in [0, 0.1) is 11.8 Å². The second-order valence-electron chi connectivity index (χ2n) is 12.3. The fraction of sp³-hybridized carbons (Fsp3) is 0.0222. The molecule has 0 spiro atoms. The van der Waals surface area contributed by atoms with Crippen molar-refractivity contribution in [1.29, 1.82) is 0 Å². The predicted molar refractivity (Wildman–Crippen MR) is 201 cm³/mol. The highest BCUT2D eigenvalue weighted by Crippen LogP contribution is 2.57. The van der Waals surface area contributed by atoms with Gasteiger partial charge in [0.25, 0.3) is 0 Å². The third kappa shape index (κ3) is 5.63. The van der Waals surface area contributed by atoms with E-state index in [0.717, 1.165) is 44.5 Å². The van der Waals surface area contributed by atoms with Crippen molar-refractivity contribution >= 4 is 11.4 Å². The molecule has 0 unspecified atom stereocenters. The molecule has 0 radical (unpaired) electrons. The smallest absolute Gasteiger partial charge is 0.142 e. The molecule has 0 saturated carbocycles. The van der Waals surface area contributed by atoms with Gasteiger partial charge in [0, 0.05) is 23.3 Å². The summed E-state index contributed by atoms with van der Waals surface area (Å²) in [6.45, 7) is 0. The first-order valence-corrected chi connectivity index (χ1v) is 16.4. The van der Waals surface area contributed by atoms with E-state index in [2.05, 4.69) is 78.6 Å². The van der Waals surface area contributed by atoms with Gasteiger partial charge in [-0.25, -0.2) is 0 Å². The van der Waals surface area contributed by atoms with Crippen LogP contribution in [0.5, 0.6) is 34.5 Å². The Bertz CT molecular complexity index is 2370. The molecule has 7 aromatic carbocycles. The van der Waals surface area contributed by atoms with Crippen molar-refractivity contribution in [1.82, 2.24) is 0 Å². The van der Waals surface area contributed by atoms with Crippen LogP contribution >= 0.6 is 0 Å². The number of anilines is 2. The fourth-order valence-electron chi connectivity index (χ4n) is 6.88. The van der Waals surface area contributed by atoms with Crippen molar-refractivity contribution in [3.05, 3.63) is 191 Å².